The average Bonchev–Trinajstić information content (AvgIpc) is 2.94. The van der Waals surface area contributed by atoms with Crippen LogP contribution in [0.3, 0.4) is 0 Å². The van der Waals surface area contributed by atoms with Crippen LogP contribution in [0.5, 0.6) is 0 Å². The predicted octanol–water partition coefficient (Wildman–Crippen LogP) is 2.13. The summed E-state index contributed by atoms with van der Waals surface area (Å²) in [6.45, 7) is 3.53. The van der Waals surface area contributed by atoms with Gasteiger partial charge in [-0.05, 0) is 37.1 Å². The summed E-state index contributed by atoms with van der Waals surface area (Å²) in [5, 5.41) is 2.88. The van der Waals surface area contributed by atoms with E-state index in [0.717, 1.165) is 35.8 Å². The van der Waals surface area contributed by atoms with Gasteiger partial charge >= 0.3 is 0 Å². The zero-order valence-electron chi connectivity index (χ0n) is 15.4. The molecule has 3 rings (SSSR count). The van der Waals surface area contributed by atoms with E-state index in [2.05, 4.69) is 21.2 Å². The molecule has 7 nitrogen and oxygen atoms in total. The second kappa shape index (κ2) is 9.47. The van der Waals surface area contributed by atoms with Crippen molar-refractivity contribution >= 4 is 37.7 Å². The molecule has 0 radical (unpaired) electrons. The van der Waals surface area contributed by atoms with Crippen molar-refractivity contribution in [3.05, 3.63) is 28.7 Å². The van der Waals surface area contributed by atoms with E-state index >= 15 is 0 Å². The Balaban J connectivity index is 1.48. The Morgan fingerprint density at radius 2 is 1.44 bits per heavy atom. The topological polar surface area (TPSA) is 73.0 Å². The Hall–Kier alpha value is -1.000. The zero-order chi connectivity index (χ0) is 19.3. The Morgan fingerprint density at radius 3 is 2.04 bits per heavy atom. The smallest absolute Gasteiger partial charge is 0.282 e. The van der Waals surface area contributed by atoms with Gasteiger partial charge in [-0.15, -0.1) is 0 Å². The van der Waals surface area contributed by atoms with Crippen LogP contribution in [0, 0.1) is 0 Å². The maximum Gasteiger partial charge on any atom is 0.282 e. The minimum atomic E-state index is -3.38. The van der Waals surface area contributed by atoms with Crippen molar-refractivity contribution in [2.45, 2.75) is 25.7 Å². The molecular formula is C18H27BrN4O3S. The number of carbonyl (C=O) groups is 1. The molecule has 0 atom stereocenters. The molecule has 1 aromatic rings. The summed E-state index contributed by atoms with van der Waals surface area (Å²) in [5.74, 6) is -0.0823. The molecular weight excluding hydrogens is 432 g/mol. The summed E-state index contributed by atoms with van der Waals surface area (Å²) in [4.78, 5) is 14.2. The number of benzene rings is 1. The van der Waals surface area contributed by atoms with Gasteiger partial charge in [0, 0.05) is 49.4 Å². The third-order valence-electron chi connectivity index (χ3n) is 5.04. The lowest BCUT2D eigenvalue weighted by molar-refractivity contribution is -0.117. The monoisotopic (exact) mass is 458 g/mol. The predicted molar refractivity (Wildman–Crippen MR) is 110 cm³/mol. The molecule has 0 bridgehead atoms. The van der Waals surface area contributed by atoms with E-state index in [4.69, 9.17) is 0 Å². The van der Waals surface area contributed by atoms with Crippen LogP contribution in [0.4, 0.5) is 5.69 Å². The summed E-state index contributed by atoms with van der Waals surface area (Å²) in [7, 11) is -3.38. The Bertz CT molecular complexity index is 725. The van der Waals surface area contributed by atoms with E-state index in [1.807, 2.05) is 29.2 Å². The molecule has 1 amide bonds. The molecule has 2 aliphatic rings. The minimum absolute atomic E-state index is 0.0823. The second-order valence-electron chi connectivity index (χ2n) is 7.05. The van der Waals surface area contributed by atoms with E-state index in [9.17, 15) is 13.2 Å². The highest BCUT2D eigenvalue weighted by molar-refractivity contribution is 9.10. The molecule has 0 spiro atoms. The van der Waals surface area contributed by atoms with Crippen molar-refractivity contribution in [3.63, 3.8) is 0 Å². The third kappa shape index (κ3) is 5.74. The van der Waals surface area contributed by atoms with Gasteiger partial charge in [-0.3, -0.25) is 9.69 Å². The number of amides is 1. The van der Waals surface area contributed by atoms with Crippen LogP contribution in [-0.2, 0) is 15.0 Å². The molecule has 0 unspecified atom stereocenters. The SMILES string of the molecule is O=C(CN1CCN(S(=O)(=O)N2CCCCCC2)CC1)Nc1ccc(Br)cc1. The molecule has 0 aromatic heterocycles. The van der Waals surface area contributed by atoms with Gasteiger partial charge in [-0.2, -0.15) is 17.0 Å². The molecule has 150 valence electrons. The van der Waals surface area contributed by atoms with Crippen molar-refractivity contribution in [1.29, 1.82) is 0 Å². The molecule has 9 heteroatoms. The van der Waals surface area contributed by atoms with Crippen LogP contribution >= 0.6 is 15.9 Å². The van der Waals surface area contributed by atoms with Gasteiger partial charge in [0.1, 0.15) is 0 Å². The van der Waals surface area contributed by atoms with Gasteiger partial charge in [0.05, 0.1) is 6.54 Å². The van der Waals surface area contributed by atoms with Crippen molar-refractivity contribution in [2.24, 2.45) is 0 Å². The fraction of sp³-hybridized carbons (Fsp3) is 0.611. The van der Waals surface area contributed by atoms with Crippen LogP contribution in [0.15, 0.2) is 28.7 Å². The number of nitrogens with one attached hydrogen (secondary N) is 1. The lowest BCUT2D eigenvalue weighted by atomic mass is 10.2. The second-order valence-corrected chi connectivity index (χ2v) is 9.90. The van der Waals surface area contributed by atoms with Crippen LogP contribution in [0.25, 0.3) is 0 Å². The van der Waals surface area contributed by atoms with E-state index < -0.39 is 10.2 Å². The first-order chi connectivity index (χ1) is 12.9. The molecule has 1 aromatic carbocycles. The number of piperazine rings is 1. The Kier molecular flexibility index (Phi) is 7.27. The summed E-state index contributed by atoms with van der Waals surface area (Å²) in [6, 6.07) is 7.44. The normalized spacial score (nSPS) is 20.9. The lowest BCUT2D eigenvalue weighted by Crippen LogP contribution is -2.54. The van der Waals surface area contributed by atoms with Crippen LogP contribution in [0.1, 0.15) is 25.7 Å². The lowest BCUT2D eigenvalue weighted by Gasteiger charge is -2.36. The first-order valence-corrected chi connectivity index (χ1v) is 11.7. The maximum absolute atomic E-state index is 12.8. The van der Waals surface area contributed by atoms with E-state index in [1.165, 1.54) is 0 Å². The number of halogens is 1. The van der Waals surface area contributed by atoms with Crippen molar-refractivity contribution in [3.8, 4) is 0 Å². The quantitative estimate of drug-likeness (QED) is 0.733. The van der Waals surface area contributed by atoms with Gasteiger partial charge in [0.2, 0.25) is 5.91 Å². The van der Waals surface area contributed by atoms with Crippen LogP contribution in [0.2, 0.25) is 0 Å². The highest BCUT2D eigenvalue weighted by Gasteiger charge is 2.32. The van der Waals surface area contributed by atoms with Gasteiger partial charge in [-0.1, -0.05) is 28.8 Å². The standard InChI is InChI=1S/C18H27BrN4O3S/c19-16-5-7-17(8-6-16)20-18(24)15-21-11-13-23(14-12-21)27(25,26)22-9-3-1-2-4-10-22/h5-8H,1-4,9-15H2,(H,20,24). The highest BCUT2D eigenvalue weighted by atomic mass is 79.9. The third-order valence-corrected chi connectivity index (χ3v) is 7.61. The molecule has 0 aliphatic carbocycles. The fourth-order valence-electron chi connectivity index (χ4n) is 3.49. The number of hydrogen-bond acceptors (Lipinski definition) is 4. The van der Waals surface area contributed by atoms with E-state index in [1.54, 1.807) is 8.61 Å². The number of anilines is 1. The van der Waals surface area contributed by atoms with Crippen molar-refractivity contribution < 1.29 is 13.2 Å². The van der Waals surface area contributed by atoms with E-state index in [-0.39, 0.29) is 12.5 Å². The summed E-state index contributed by atoms with van der Waals surface area (Å²) >= 11 is 3.37. The Labute approximate surface area is 170 Å². The highest BCUT2D eigenvalue weighted by Crippen LogP contribution is 2.18. The largest absolute Gasteiger partial charge is 0.325 e. The van der Waals surface area contributed by atoms with Crippen LogP contribution in [-0.4, -0.2) is 73.6 Å². The van der Waals surface area contributed by atoms with Crippen molar-refractivity contribution in [1.82, 2.24) is 13.5 Å². The van der Waals surface area contributed by atoms with Gasteiger partial charge in [0.15, 0.2) is 0 Å². The molecule has 2 fully saturated rings. The maximum atomic E-state index is 12.8. The fourth-order valence-corrected chi connectivity index (χ4v) is 5.43. The van der Waals surface area contributed by atoms with Gasteiger partial charge < -0.3 is 5.32 Å². The number of rotatable bonds is 5. The van der Waals surface area contributed by atoms with Gasteiger partial charge in [-0.25, -0.2) is 0 Å². The van der Waals surface area contributed by atoms with E-state index in [0.29, 0.717) is 39.3 Å². The summed E-state index contributed by atoms with van der Waals surface area (Å²) in [5.41, 5.74) is 0.755. The molecule has 1 N–H and O–H groups in total. The average molecular weight is 459 g/mol. The molecule has 2 aliphatic heterocycles. The molecule has 27 heavy (non-hydrogen) atoms. The molecule has 0 saturated carbocycles. The first-order valence-electron chi connectivity index (χ1n) is 9.48. The first kappa shape index (κ1) is 20.7. The molecule has 2 saturated heterocycles. The van der Waals surface area contributed by atoms with Crippen molar-refractivity contribution in [2.75, 3.05) is 51.1 Å². The summed E-state index contributed by atoms with van der Waals surface area (Å²) in [6.07, 6.45) is 4.09. The van der Waals surface area contributed by atoms with Gasteiger partial charge in [0.25, 0.3) is 10.2 Å². The molecule has 2 heterocycles. The zero-order valence-corrected chi connectivity index (χ0v) is 17.8. The Morgan fingerprint density at radius 1 is 0.889 bits per heavy atom. The number of nitrogens with zero attached hydrogens (tertiary/aromatic N) is 3. The summed E-state index contributed by atoms with van der Waals surface area (Å²) < 4.78 is 29.8. The number of carbonyl (C=O) groups excluding carboxylic acids is 1. The van der Waals surface area contributed by atoms with Crippen LogP contribution < -0.4 is 5.32 Å². The minimum Gasteiger partial charge on any atom is -0.325 e. The number of hydrogen-bond donors (Lipinski definition) is 1.